The molecule has 0 unspecified atom stereocenters. The second-order valence-electron chi connectivity index (χ2n) is 6.15. The van der Waals surface area contributed by atoms with Gasteiger partial charge < -0.3 is 9.73 Å². The number of aromatic nitrogens is 4. The number of nitrogens with zero attached hydrogens (tertiary/aromatic N) is 4. The Morgan fingerprint density at radius 3 is 2.72 bits per heavy atom. The molecule has 3 aromatic heterocycles. The Labute approximate surface area is 174 Å². The highest BCUT2D eigenvalue weighted by Crippen LogP contribution is 2.24. The Morgan fingerprint density at radius 2 is 1.97 bits per heavy atom. The van der Waals surface area contributed by atoms with Gasteiger partial charge >= 0.3 is 0 Å². The van der Waals surface area contributed by atoms with Gasteiger partial charge in [-0.2, -0.15) is 10.2 Å². The van der Waals surface area contributed by atoms with Crippen molar-refractivity contribution in [2.75, 3.05) is 5.32 Å². The van der Waals surface area contributed by atoms with E-state index >= 15 is 0 Å². The number of furan rings is 1. The van der Waals surface area contributed by atoms with Gasteiger partial charge in [0.2, 0.25) is 0 Å². The van der Waals surface area contributed by atoms with E-state index in [0.717, 1.165) is 0 Å². The first-order valence-electron chi connectivity index (χ1n) is 8.53. The van der Waals surface area contributed by atoms with Crippen molar-refractivity contribution in [2.24, 2.45) is 0 Å². The molecule has 1 amide bonds. The van der Waals surface area contributed by atoms with Crippen LogP contribution in [0.3, 0.4) is 0 Å². The summed E-state index contributed by atoms with van der Waals surface area (Å²) < 4.78 is 22.6. The Hall–Kier alpha value is -3.10. The summed E-state index contributed by atoms with van der Waals surface area (Å²) in [7, 11) is 0. The molecule has 0 aliphatic carbocycles. The number of rotatable bonds is 6. The summed E-state index contributed by atoms with van der Waals surface area (Å²) in [6.07, 6.45) is 4.92. The van der Waals surface area contributed by atoms with Crippen LogP contribution in [0.15, 0.2) is 59.4 Å². The van der Waals surface area contributed by atoms with Gasteiger partial charge in [-0.1, -0.05) is 29.3 Å². The van der Waals surface area contributed by atoms with Crippen LogP contribution in [0.5, 0.6) is 0 Å². The number of nitrogens with one attached hydrogen (secondary N) is 1. The molecule has 3 heterocycles. The number of carbonyl (C=O) groups excluding carboxylic acids is 1. The smallest absolute Gasteiger partial charge is 0.292 e. The maximum atomic E-state index is 14.0. The van der Waals surface area contributed by atoms with Gasteiger partial charge in [0.15, 0.2) is 11.6 Å². The van der Waals surface area contributed by atoms with E-state index in [1.54, 1.807) is 41.3 Å². The zero-order valence-corrected chi connectivity index (χ0v) is 16.4. The molecular formula is C19H14Cl2FN5O2. The van der Waals surface area contributed by atoms with Gasteiger partial charge in [-0.3, -0.25) is 14.2 Å². The van der Waals surface area contributed by atoms with Crippen molar-refractivity contribution in [3.8, 4) is 0 Å². The van der Waals surface area contributed by atoms with Crippen molar-refractivity contribution in [3.63, 3.8) is 0 Å². The van der Waals surface area contributed by atoms with Crippen LogP contribution in [0, 0.1) is 5.82 Å². The highest BCUT2D eigenvalue weighted by atomic mass is 35.5. The van der Waals surface area contributed by atoms with Crippen LogP contribution < -0.4 is 5.32 Å². The quantitative estimate of drug-likeness (QED) is 0.486. The number of anilines is 1. The van der Waals surface area contributed by atoms with E-state index in [0.29, 0.717) is 12.3 Å². The molecule has 0 saturated heterocycles. The van der Waals surface area contributed by atoms with Crippen LogP contribution in [0.4, 0.5) is 10.2 Å². The minimum atomic E-state index is -0.507. The number of hydrogen-bond acceptors (Lipinski definition) is 4. The topological polar surface area (TPSA) is 77.9 Å². The molecule has 0 fully saturated rings. The predicted molar refractivity (Wildman–Crippen MR) is 106 cm³/mol. The van der Waals surface area contributed by atoms with E-state index in [1.165, 1.54) is 23.0 Å². The normalized spacial score (nSPS) is 11.0. The molecule has 10 heteroatoms. The van der Waals surface area contributed by atoms with Crippen molar-refractivity contribution < 1.29 is 13.6 Å². The number of amides is 1. The average Bonchev–Trinajstić information content (AvgIpc) is 3.42. The molecule has 0 radical (unpaired) electrons. The van der Waals surface area contributed by atoms with Crippen molar-refractivity contribution >= 4 is 34.9 Å². The van der Waals surface area contributed by atoms with Crippen LogP contribution >= 0.6 is 23.2 Å². The molecule has 0 aliphatic rings. The zero-order chi connectivity index (χ0) is 20.4. The fourth-order valence-electron chi connectivity index (χ4n) is 2.72. The molecule has 0 aliphatic heterocycles. The van der Waals surface area contributed by atoms with Gasteiger partial charge in [0.25, 0.3) is 5.91 Å². The van der Waals surface area contributed by atoms with Gasteiger partial charge in [-0.15, -0.1) is 0 Å². The molecule has 0 atom stereocenters. The second-order valence-corrected chi connectivity index (χ2v) is 6.96. The summed E-state index contributed by atoms with van der Waals surface area (Å²) in [4.78, 5) is 12.4. The minimum Gasteiger partial charge on any atom is -0.454 e. The van der Waals surface area contributed by atoms with E-state index in [-0.39, 0.29) is 33.7 Å². The fraction of sp³-hybridized carbons (Fsp3) is 0.105. The molecule has 0 spiro atoms. The average molecular weight is 434 g/mol. The zero-order valence-electron chi connectivity index (χ0n) is 14.8. The first-order chi connectivity index (χ1) is 14.0. The molecule has 4 rings (SSSR count). The van der Waals surface area contributed by atoms with E-state index < -0.39 is 11.7 Å². The fourth-order valence-corrected chi connectivity index (χ4v) is 3.14. The van der Waals surface area contributed by atoms with Gasteiger partial charge in [0, 0.05) is 29.2 Å². The molecule has 7 nitrogen and oxygen atoms in total. The first kappa shape index (κ1) is 19.2. The minimum absolute atomic E-state index is 0.0653. The molecule has 4 aromatic rings. The van der Waals surface area contributed by atoms with Crippen LogP contribution in [0.1, 0.15) is 21.9 Å². The van der Waals surface area contributed by atoms with Crippen LogP contribution in [0.25, 0.3) is 0 Å². The van der Waals surface area contributed by atoms with E-state index in [4.69, 9.17) is 27.6 Å². The number of carbonyl (C=O) groups is 1. The van der Waals surface area contributed by atoms with Crippen LogP contribution in [0.2, 0.25) is 10.0 Å². The number of halogens is 3. The monoisotopic (exact) mass is 433 g/mol. The molecule has 0 saturated carbocycles. The molecule has 1 N–H and O–H groups in total. The third kappa shape index (κ3) is 4.33. The Kier molecular flexibility index (Phi) is 5.37. The summed E-state index contributed by atoms with van der Waals surface area (Å²) in [5.74, 6) is -0.142. The lowest BCUT2D eigenvalue weighted by Gasteiger charge is -2.05. The molecular weight excluding hydrogens is 420 g/mol. The summed E-state index contributed by atoms with van der Waals surface area (Å²) in [5.41, 5.74) is 0.278. The van der Waals surface area contributed by atoms with Gasteiger partial charge in [0.1, 0.15) is 16.6 Å². The van der Waals surface area contributed by atoms with Crippen molar-refractivity contribution in [3.05, 3.63) is 87.9 Å². The third-order valence-electron chi connectivity index (χ3n) is 4.09. The third-order valence-corrected chi connectivity index (χ3v) is 4.72. The number of benzene rings is 1. The lowest BCUT2D eigenvalue weighted by atomic mass is 10.2. The second kappa shape index (κ2) is 8.10. The van der Waals surface area contributed by atoms with Crippen molar-refractivity contribution in [1.29, 1.82) is 0 Å². The SMILES string of the molecule is O=C(Nc1nn(Cc2c(F)cccc2Cl)cc1Cl)c1ccc(Cn2cccn2)o1. The van der Waals surface area contributed by atoms with Gasteiger partial charge in [-0.25, -0.2) is 4.39 Å². The Morgan fingerprint density at radius 1 is 1.10 bits per heavy atom. The standard InChI is InChI=1S/C19H14Cl2FN5O2/c20-14-3-1-4-16(22)13(14)10-27-11-15(21)18(25-27)24-19(28)17-6-5-12(29-17)9-26-8-2-7-23-26/h1-8,11H,9-10H2,(H,24,25,28). The first-order valence-corrected chi connectivity index (χ1v) is 9.28. The van der Waals surface area contributed by atoms with E-state index in [2.05, 4.69) is 15.5 Å². The van der Waals surface area contributed by atoms with E-state index in [9.17, 15) is 9.18 Å². The molecule has 29 heavy (non-hydrogen) atoms. The van der Waals surface area contributed by atoms with E-state index in [1.807, 2.05) is 0 Å². The van der Waals surface area contributed by atoms with Gasteiger partial charge in [-0.05, 0) is 30.3 Å². The lowest BCUT2D eigenvalue weighted by molar-refractivity contribution is 0.0994. The van der Waals surface area contributed by atoms with Gasteiger partial charge in [0.05, 0.1) is 13.1 Å². The summed E-state index contributed by atoms with van der Waals surface area (Å²) in [6, 6.07) is 9.46. The highest BCUT2D eigenvalue weighted by Gasteiger charge is 2.17. The largest absolute Gasteiger partial charge is 0.454 e. The summed E-state index contributed by atoms with van der Waals surface area (Å²) in [6.45, 7) is 0.467. The Bertz CT molecular complexity index is 1130. The maximum absolute atomic E-state index is 14.0. The number of hydrogen-bond donors (Lipinski definition) is 1. The van der Waals surface area contributed by atoms with Crippen LogP contribution in [-0.4, -0.2) is 25.5 Å². The lowest BCUT2D eigenvalue weighted by Crippen LogP contribution is -2.12. The Balaban J connectivity index is 1.46. The molecule has 0 bridgehead atoms. The predicted octanol–water partition coefficient (Wildman–Crippen LogP) is 4.47. The van der Waals surface area contributed by atoms with Crippen molar-refractivity contribution in [1.82, 2.24) is 19.6 Å². The van der Waals surface area contributed by atoms with Crippen molar-refractivity contribution in [2.45, 2.75) is 13.1 Å². The molecule has 1 aromatic carbocycles. The summed E-state index contributed by atoms with van der Waals surface area (Å²) in [5, 5.41) is 11.3. The summed E-state index contributed by atoms with van der Waals surface area (Å²) >= 11 is 12.2. The van der Waals surface area contributed by atoms with Crippen LogP contribution in [-0.2, 0) is 13.1 Å². The molecule has 148 valence electrons. The maximum Gasteiger partial charge on any atom is 0.292 e. The highest BCUT2D eigenvalue weighted by molar-refractivity contribution is 6.33.